The number of H-pyrrole nitrogens is 1. The minimum atomic E-state index is -0.953. The van der Waals surface area contributed by atoms with E-state index < -0.39 is 12.0 Å². The van der Waals surface area contributed by atoms with E-state index >= 15 is 0 Å². The molecule has 1 saturated carbocycles. The molecule has 1 unspecified atom stereocenters. The third-order valence-corrected chi connectivity index (χ3v) is 4.02. The quantitative estimate of drug-likeness (QED) is 0.794. The van der Waals surface area contributed by atoms with Gasteiger partial charge in [-0.3, -0.25) is 4.79 Å². The lowest BCUT2D eigenvalue weighted by atomic mass is 9.84. The summed E-state index contributed by atoms with van der Waals surface area (Å²) in [5.41, 5.74) is 0.369. The fraction of sp³-hybridized carbons (Fsp3) is 0.538. The first kappa shape index (κ1) is 14.1. The highest BCUT2D eigenvalue weighted by molar-refractivity contribution is 9.10. The maximum Gasteiger partial charge on any atom is 0.326 e. The Morgan fingerprint density at radius 3 is 2.58 bits per heavy atom. The predicted octanol–water partition coefficient (Wildman–Crippen LogP) is 2.54. The standard InChI is InChI=1S/C13H17BrN2O3/c14-9-6-10(15-7-9)12(17)16-11(13(18)19)8-4-2-1-3-5-8/h6-8,11,15H,1-5H2,(H,16,17)(H,18,19). The molecular formula is C13H17BrN2O3. The molecule has 1 aromatic rings. The zero-order valence-electron chi connectivity index (χ0n) is 10.5. The summed E-state index contributed by atoms with van der Waals surface area (Å²) in [6, 6.07) is 0.838. The first-order valence-corrected chi connectivity index (χ1v) is 7.25. The summed E-state index contributed by atoms with van der Waals surface area (Å²) in [6.45, 7) is 0. The van der Waals surface area contributed by atoms with E-state index in [2.05, 4.69) is 26.2 Å². The average Bonchev–Trinajstić information content (AvgIpc) is 2.83. The number of carbonyl (C=O) groups is 2. The minimum absolute atomic E-state index is 0.0357. The van der Waals surface area contributed by atoms with E-state index in [1.54, 1.807) is 12.3 Å². The van der Waals surface area contributed by atoms with Crippen molar-refractivity contribution in [2.45, 2.75) is 38.1 Å². The van der Waals surface area contributed by atoms with Crippen LogP contribution in [0.4, 0.5) is 0 Å². The summed E-state index contributed by atoms with van der Waals surface area (Å²) in [7, 11) is 0. The van der Waals surface area contributed by atoms with Crippen molar-refractivity contribution in [3.8, 4) is 0 Å². The van der Waals surface area contributed by atoms with Crippen molar-refractivity contribution in [2.75, 3.05) is 0 Å². The van der Waals surface area contributed by atoms with Crippen molar-refractivity contribution in [1.29, 1.82) is 0 Å². The highest BCUT2D eigenvalue weighted by Gasteiger charge is 2.31. The highest BCUT2D eigenvalue weighted by Crippen LogP contribution is 2.26. The van der Waals surface area contributed by atoms with Gasteiger partial charge in [-0.05, 0) is 40.8 Å². The molecular weight excluding hydrogens is 312 g/mol. The molecule has 0 aromatic carbocycles. The van der Waals surface area contributed by atoms with Gasteiger partial charge in [0.2, 0.25) is 0 Å². The van der Waals surface area contributed by atoms with Gasteiger partial charge in [0.1, 0.15) is 11.7 Å². The first-order valence-electron chi connectivity index (χ1n) is 6.45. The number of rotatable bonds is 4. The average molecular weight is 329 g/mol. The Kier molecular flexibility index (Phi) is 4.63. The van der Waals surface area contributed by atoms with Crippen LogP contribution in [-0.4, -0.2) is 28.0 Å². The zero-order valence-corrected chi connectivity index (χ0v) is 12.1. The molecule has 19 heavy (non-hydrogen) atoms. The molecule has 2 rings (SSSR count). The van der Waals surface area contributed by atoms with Crippen LogP contribution in [0.25, 0.3) is 0 Å². The second kappa shape index (κ2) is 6.23. The Morgan fingerprint density at radius 2 is 2.05 bits per heavy atom. The highest BCUT2D eigenvalue weighted by atomic mass is 79.9. The van der Waals surface area contributed by atoms with Crippen LogP contribution in [0.2, 0.25) is 0 Å². The largest absolute Gasteiger partial charge is 0.480 e. The number of hydrogen-bond donors (Lipinski definition) is 3. The normalized spacial score (nSPS) is 17.9. The first-order chi connectivity index (χ1) is 9.08. The number of carbonyl (C=O) groups excluding carboxylic acids is 1. The third-order valence-electron chi connectivity index (χ3n) is 3.57. The maximum absolute atomic E-state index is 12.0. The number of aliphatic carboxylic acids is 1. The summed E-state index contributed by atoms with van der Waals surface area (Å²) >= 11 is 3.24. The van der Waals surface area contributed by atoms with Gasteiger partial charge in [0, 0.05) is 10.7 Å². The molecule has 0 aliphatic heterocycles. The Balaban J connectivity index is 2.04. The van der Waals surface area contributed by atoms with Crippen molar-refractivity contribution < 1.29 is 14.7 Å². The summed E-state index contributed by atoms with van der Waals surface area (Å²) in [6.07, 6.45) is 6.61. The lowest BCUT2D eigenvalue weighted by molar-refractivity contribution is -0.141. The molecule has 1 aliphatic rings. The molecule has 1 atom stereocenters. The van der Waals surface area contributed by atoms with E-state index in [-0.39, 0.29) is 11.8 Å². The zero-order chi connectivity index (χ0) is 13.8. The number of aromatic nitrogens is 1. The van der Waals surface area contributed by atoms with Crippen LogP contribution in [0.15, 0.2) is 16.7 Å². The van der Waals surface area contributed by atoms with Gasteiger partial charge in [-0.1, -0.05) is 19.3 Å². The Hall–Kier alpha value is -1.30. The van der Waals surface area contributed by atoms with Crippen molar-refractivity contribution in [1.82, 2.24) is 10.3 Å². The molecule has 1 fully saturated rings. The second-order valence-electron chi connectivity index (χ2n) is 4.92. The van der Waals surface area contributed by atoms with E-state index in [1.165, 1.54) is 0 Å². The van der Waals surface area contributed by atoms with Gasteiger partial charge in [0.25, 0.3) is 5.91 Å². The lowest BCUT2D eigenvalue weighted by Gasteiger charge is -2.27. The SMILES string of the molecule is O=C(NC(C(=O)O)C1CCCCC1)c1cc(Br)c[nH]1. The molecule has 1 amide bonds. The second-order valence-corrected chi connectivity index (χ2v) is 5.83. The van der Waals surface area contributed by atoms with E-state index in [4.69, 9.17) is 0 Å². The van der Waals surface area contributed by atoms with Gasteiger partial charge < -0.3 is 15.4 Å². The number of amides is 1. The van der Waals surface area contributed by atoms with Crippen LogP contribution >= 0.6 is 15.9 Å². The van der Waals surface area contributed by atoms with Crippen LogP contribution in [0.5, 0.6) is 0 Å². The van der Waals surface area contributed by atoms with E-state index in [9.17, 15) is 14.7 Å². The fourth-order valence-electron chi connectivity index (χ4n) is 2.57. The van der Waals surface area contributed by atoms with Crippen LogP contribution in [0, 0.1) is 5.92 Å². The number of hydrogen-bond acceptors (Lipinski definition) is 2. The molecule has 0 bridgehead atoms. The summed E-state index contributed by atoms with van der Waals surface area (Å²) in [5.74, 6) is -1.29. The molecule has 0 spiro atoms. The number of carboxylic acids is 1. The smallest absolute Gasteiger partial charge is 0.326 e. The van der Waals surface area contributed by atoms with E-state index in [0.717, 1.165) is 36.6 Å². The molecule has 1 aromatic heterocycles. The molecule has 1 aliphatic carbocycles. The van der Waals surface area contributed by atoms with Gasteiger partial charge in [-0.25, -0.2) is 4.79 Å². The van der Waals surface area contributed by atoms with Crippen molar-refractivity contribution >= 4 is 27.8 Å². The summed E-state index contributed by atoms with van der Waals surface area (Å²) in [5, 5.41) is 11.9. The monoisotopic (exact) mass is 328 g/mol. The molecule has 1 heterocycles. The van der Waals surface area contributed by atoms with Crippen molar-refractivity contribution in [3.63, 3.8) is 0 Å². The predicted molar refractivity (Wildman–Crippen MR) is 74.0 cm³/mol. The summed E-state index contributed by atoms with van der Waals surface area (Å²) in [4.78, 5) is 26.1. The van der Waals surface area contributed by atoms with Gasteiger partial charge in [-0.15, -0.1) is 0 Å². The number of halogens is 1. The fourth-order valence-corrected chi connectivity index (χ4v) is 2.91. The van der Waals surface area contributed by atoms with Gasteiger partial charge >= 0.3 is 5.97 Å². The molecule has 3 N–H and O–H groups in total. The molecule has 0 radical (unpaired) electrons. The number of carboxylic acid groups (broad SMARTS) is 1. The third kappa shape index (κ3) is 3.59. The van der Waals surface area contributed by atoms with Crippen LogP contribution < -0.4 is 5.32 Å². The van der Waals surface area contributed by atoms with E-state index in [0.29, 0.717) is 5.69 Å². The van der Waals surface area contributed by atoms with Crippen molar-refractivity contribution in [2.24, 2.45) is 5.92 Å². The van der Waals surface area contributed by atoms with Gasteiger partial charge in [0.15, 0.2) is 0 Å². The van der Waals surface area contributed by atoms with Gasteiger partial charge in [0.05, 0.1) is 0 Å². The molecule has 5 nitrogen and oxygen atoms in total. The maximum atomic E-state index is 12.0. The number of aromatic amines is 1. The van der Waals surface area contributed by atoms with E-state index in [1.807, 2.05) is 0 Å². The van der Waals surface area contributed by atoms with Crippen LogP contribution in [0.3, 0.4) is 0 Å². The van der Waals surface area contributed by atoms with Crippen LogP contribution in [0.1, 0.15) is 42.6 Å². The molecule has 0 saturated heterocycles. The number of nitrogens with one attached hydrogen (secondary N) is 2. The molecule has 6 heteroatoms. The topological polar surface area (TPSA) is 82.2 Å². The van der Waals surface area contributed by atoms with Crippen molar-refractivity contribution in [3.05, 3.63) is 22.4 Å². The van der Waals surface area contributed by atoms with Crippen LogP contribution in [-0.2, 0) is 4.79 Å². The summed E-state index contributed by atoms with van der Waals surface area (Å²) < 4.78 is 0.766. The molecule has 104 valence electrons. The Morgan fingerprint density at radius 1 is 1.37 bits per heavy atom. The van der Waals surface area contributed by atoms with Gasteiger partial charge in [-0.2, -0.15) is 0 Å². The lowest BCUT2D eigenvalue weighted by Crippen LogP contribution is -2.46. The Labute approximate surface area is 119 Å². The minimum Gasteiger partial charge on any atom is -0.480 e. The Bertz CT molecular complexity index is 466.